The Kier molecular flexibility index (Phi) is 11.7. The van der Waals surface area contributed by atoms with Crippen molar-refractivity contribution in [3.63, 3.8) is 0 Å². The lowest BCUT2D eigenvalue weighted by Gasteiger charge is -2.31. The number of aliphatic imine (C=N–C) groups is 2. The van der Waals surface area contributed by atoms with Crippen molar-refractivity contribution in [3.8, 4) is 5.75 Å². The number of morpholine rings is 1. The van der Waals surface area contributed by atoms with Crippen molar-refractivity contribution >= 4 is 64.6 Å². The maximum Gasteiger partial charge on any atom is 0.247 e. The van der Waals surface area contributed by atoms with Gasteiger partial charge in [-0.05, 0) is 31.0 Å². The third-order valence-electron chi connectivity index (χ3n) is 5.55. The molecule has 0 bridgehead atoms. The minimum Gasteiger partial charge on any atom is -0.495 e. The third-order valence-corrected chi connectivity index (χ3v) is 6.91. The fourth-order valence-electron chi connectivity index (χ4n) is 3.80. The van der Waals surface area contributed by atoms with Crippen LogP contribution in [0.3, 0.4) is 0 Å². The van der Waals surface area contributed by atoms with Gasteiger partial charge in [0.25, 0.3) is 0 Å². The molecule has 0 aliphatic carbocycles. The molecule has 2 aromatic rings. The molecule has 0 aromatic heterocycles. The molecule has 9 nitrogen and oxygen atoms in total. The molecule has 0 spiro atoms. The van der Waals surface area contributed by atoms with Crippen LogP contribution in [-0.2, 0) is 9.53 Å². The number of methoxy groups -OCH3 is 1. The molecule has 0 unspecified atom stereocenters. The summed E-state index contributed by atoms with van der Waals surface area (Å²) in [5, 5.41) is 10.2. The number of carbonyl (C=O) groups excluding carboxylic acids is 1. The van der Waals surface area contributed by atoms with Crippen molar-refractivity contribution in [1.82, 2.24) is 0 Å². The van der Waals surface area contributed by atoms with Crippen LogP contribution in [0.5, 0.6) is 5.75 Å². The van der Waals surface area contributed by atoms with E-state index in [1.165, 1.54) is 12.3 Å². The molecule has 39 heavy (non-hydrogen) atoms. The lowest BCUT2D eigenvalue weighted by molar-refractivity contribution is -0.111. The fourth-order valence-corrected chi connectivity index (χ4v) is 4.89. The summed E-state index contributed by atoms with van der Waals surface area (Å²) in [7, 11) is 1.60. The Hall–Kier alpha value is -3.47. The number of carbonyl (C=O) groups is 1. The smallest absolute Gasteiger partial charge is 0.247 e. The van der Waals surface area contributed by atoms with Gasteiger partial charge >= 0.3 is 0 Å². The Bertz CT molecular complexity index is 1230. The SMILES string of the molecule is C=CC(=O)Nc1cc(NC/N=C(Nc2ccccc2SC(C)C)\C(Cl)=C/N=C)c(OC)cc1N1CCOCC1. The number of benzene rings is 2. The number of anilines is 4. The van der Waals surface area contributed by atoms with Crippen LogP contribution >= 0.6 is 23.4 Å². The van der Waals surface area contributed by atoms with Crippen LogP contribution in [-0.4, -0.2) is 63.8 Å². The summed E-state index contributed by atoms with van der Waals surface area (Å²) in [6, 6.07) is 11.7. The van der Waals surface area contributed by atoms with Crippen LogP contribution in [0.4, 0.5) is 22.7 Å². The fraction of sp³-hybridized carbons (Fsp3) is 0.321. The van der Waals surface area contributed by atoms with Crippen molar-refractivity contribution in [2.75, 3.05) is 60.9 Å². The summed E-state index contributed by atoms with van der Waals surface area (Å²) in [6.07, 6.45) is 2.67. The average Bonchev–Trinajstić information content (AvgIpc) is 2.93. The van der Waals surface area contributed by atoms with Gasteiger partial charge in [0.15, 0.2) is 0 Å². The van der Waals surface area contributed by atoms with Crippen molar-refractivity contribution in [2.24, 2.45) is 9.98 Å². The normalized spacial score (nSPS) is 14.1. The Labute approximate surface area is 239 Å². The van der Waals surface area contributed by atoms with Gasteiger partial charge in [0.1, 0.15) is 23.3 Å². The second-order valence-corrected chi connectivity index (χ2v) is 10.7. The predicted molar refractivity (Wildman–Crippen MR) is 165 cm³/mol. The molecule has 3 rings (SSSR count). The monoisotopic (exact) mass is 570 g/mol. The van der Waals surface area contributed by atoms with E-state index >= 15 is 0 Å². The zero-order chi connectivity index (χ0) is 28.2. The minimum atomic E-state index is -0.308. The molecular weight excluding hydrogens is 536 g/mol. The first-order valence-corrected chi connectivity index (χ1v) is 13.7. The Balaban J connectivity index is 1.90. The maximum absolute atomic E-state index is 12.2. The van der Waals surface area contributed by atoms with E-state index in [1.807, 2.05) is 36.4 Å². The molecular formula is C28H35ClN6O3S. The largest absolute Gasteiger partial charge is 0.495 e. The standard InChI is InChI=1S/C28H35ClN6O3S/c1-6-27(36)33-22-15-23(25(37-5)16-24(22)35-11-13-38-14-12-35)31-18-32-28(20(29)17-30-4)34-21-9-7-8-10-26(21)39-19(2)3/h6-10,15-17,19,31H,1,4,11-14,18H2,2-3,5H3,(H,32,34)(H,33,36)/b20-17+. The van der Waals surface area contributed by atoms with Gasteiger partial charge in [0.2, 0.25) is 5.91 Å². The molecule has 0 radical (unpaired) electrons. The highest BCUT2D eigenvalue weighted by Gasteiger charge is 2.19. The van der Waals surface area contributed by atoms with Crippen molar-refractivity contribution in [1.29, 1.82) is 0 Å². The summed E-state index contributed by atoms with van der Waals surface area (Å²) in [5.74, 6) is 0.722. The predicted octanol–water partition coefficient (Wildman–Crippen LogP) is 5.82. The number of hydrogen-bond acceptors (Lipinski definition) is 8. The average molecular weight is 571 g/mol. The molecule has 208 valence electrons. The molecule has 2 aromatic carbocycles. The van der Waals surface area contributed by atoms with Gasteiger partial charge in [-0.3, -0.25) is 9.79 Å². The van der Waals surface area contributed by atoms with E-state index in [4.69, 9.17) is 21.1 Å². The molecule has 1 aliphatic heterocycles. The van der Waals surface area contributed by atoms with E-state index in [1.54, 1.807) is 18.9 Å². The van der Waals surface area contributed by atoms with Crippen LogP contribution in [0.2, 0.25) is 0 Å². The number of ether oxygens (including phenoxy) is 2. The summed E-state index contributed by atoms with van der Waals surface area (Å²) >= 11 is 8.24. The number of thioether (sulfide) groups is 1. The van der Waals surface area contributed by atoms with Gasteiger partial charge in [-0.15, -0.1) is 11.8 Å². The number of nitrogens with one attached hydrogen (secondary N) is 3. The highest BCUT2D eigenvalue weighted by molar-refractivity contribution is 8.00. The first-order valence-electron chi connectivity index (χ1n) is 12.5. The quantitative estimate of drug-likeness (QED) is 0.128. The Morgan fingerprint density at radius 3 is 2.62 bits per heavy atom. The molecule has 1 saturated heterocycles. The first-order chi connectivity index (χ1) is 18.9. The number of rotatable bonds is 12. The Morgan fingerprint density at radius 1 is 1.21 bits per heavy atom. The summed E-state index contributed by atoms with van der Waals surface area (Å²) in [4.78, 5) is 23.9. The summed E-state index contributed by atoms with van der Waals surface area (Å²) in [6.45, 7) is 14.1. The second-order valence-electron chi connectivity index (χ2n) is 8.65. The zero-order valence-corrected chi connectivity index (χ0v) is 24.1. The molecule has 1 heterocycles. The van der Waals surface area contributed by atoms with Crippen LogP contribution < -0.4 is 25.6 Å². The number of hydrogen-bond donors (Lipinski definition) is 3. The van der Waals surface area contributed by atoms with Crippen LogP contribution in [0.15, 0.2) is 75.2 Å². The first kappa shape index (κ1) is 30.1. The summed E-state index contributed by atoms with van der Waals surface area (Å²) < 4.78 is 11.2. The van der Waals surface area contributed by atoms with E-state index in [9.17, 15) is 4.79 Å². The van der Waals surface area contributed by atoms with Gasteiger partial charge in [0.05, 0.1) is 43.1 Å². The molecule has 0 saturated carbocycles. The number of nitrogens with zero attached hydrogens (tertiary/aromatic N) is 3. The lowest BCUT2D eigenvalue weighted by Crippen LogP contribution is -2.36. The lowest BCUT2D eigenvalue weighted by atomic mass is 10.1. The number of para-hydroxylation sites is 1. The molecule has 3 N–H and O–H groups in total. The van der Waals surface area contributed by atoms with Crippen LogP contribution in [0, 0.1) is 0 Å². The van der Waals surface area contributed by atoms with E-state index < -0.39 is 0 Å². The van der Waals surface area contributed by atoms with E-state index in [-0.39, 0.29) is 12.6 Å². The molecule has 1 aliphatic rings. The van der Waals surface area contributed by atoms with Gasteiger partial charge in [0, 0.05) is 35.5 Å². The van der Waals surface area contributed by atoms with Gasteiger partial charge in [-0.2, -0.15) is 0 Å². The number of amidine groups is 1. The molecule has 1 fully saturated rings. The number of halogens is 1. The molecule has 11 heteroatoms. The van der Waals surface area contributed by atoms with Crippen LogP contribution in [0.25, 0.3) is 0 Å². The topological polar surface area (TPSA) is 99.6 Å². The van der Waals surface area contributed by atoms with Crippen LogP contribution in [0.1, 0.15) is 13.8 Å². The number of amides is 1. The van der Waals surface area contributed by atoms with Gasteiger partial charge in [-0.1, -0.05) is 44.2 Å². The summed E-state index contributed by atoms with van der Waals surface area (Å²) in [5.41, 5.74) is 2.99. The Morgan fingerprint density at radius 2 is 1.95 bits per heavy atom. The maximum atomic E-state index is 12.2. The zero-order valence-electron chi connectivity index (χ0n) is 22.5. The highest BCUT2D eigenvalue weighted by atomic mass is 35.5. The van der Waals surface area contributed by atoms with Crippen molar-refractivity contribution < 1.29 is 14.3 Å². The van der Waals surface area contributed by atoms with Gasteiger partial charge < -0.3 is 30.3 Å². The molecule has 0 atom stereocenters. The second kappa shape index (κ2) is 15.2. The van der Waals surface area contributed by atoms with E-state index in [2.05, 4.69) is 58.0 Å². The minimum absolute atomic E-state index is 0.158. The third kappa shape index (κ3) is 8.77. The molecule has 1 amide bonds. The van der Waals surface area contributed by atoms with Gasteiger partial charge in [-0.25, -0.2) is 4.99 Å². The van der Waals surface area contributed by atoms with E-state index in [0.717, 1.165) is 16.3 Å². The highest BCUT2D eigenvalue weighted by Crippen LogP contribution is 2.37. The van der Waals surface area contributed by atoms with Crippen molar-refractivity contribution in [3.05, 3.63) is 60.3 Å². The van der Waals surface area contributed by atoms with Crippen molar-refractivity contribution in [2.45, 2.75) is 24.0 Å². The van der Waals surface area contributed by atoms with E-state index in [0.29, 0.717) is 59.5 Å².